The van der Waals surface area contributed by atoms with Crippen molar-refractivity contribution in [3.8, 4) is 11.3 Å². The molecule has 5 aliphatic rings. The minimum Gasteiger partial charge on any atom is -0.460 e. The Bertz CT molecular complexity index is 3840. The van der Waals surface area contributed by atoms with Gasteiger partial charge in [-0.2, -0.15) is 8.42 Å². The number of cyclic esters (lactones) is 1. The van der Waals surface area contributed by atoms with Crippen LogP contribution < -0.4 is 10.6 Å². The Morgan fingerprint density at radius 2 is 1.53 bits per heavy atom. The molecule has 9 rings (SSSR count). The van der Waals surface area contributed by atoms with Gasteiger partial charge in [-0.05, 0) is 175 Å². The molecule has 1 aliphatic carbocycles. The second-order valence-corrected chi connectivity index (χ2v) is 31.2. The van der Waals surface area contributed by atoms with Gasteiger partial charge in [-0.1, -0.05) is 89.3 Å². The zero-order valence-corrected chi connectivity index (χ0v) is 65.3. The summed E-state index contributed by atoms with van der Waals surface area (Å²) in [6.07, 6.45) is 17.1. The Labute approximate surface area is 631 Å². The minimum atomic E-state index is -3.67. The van der Waals surface area contributed by atoms with Crippen LogP contribution in [0.5, 0.6) is 0 Å². The van der Waals surface area contributed by atoms with Crippen LogP contribution in [-0.4, -0.2) is 215 Å². The molecule has 1 saturated carbocycles. The van der Waals surface area contributed by atoms with E-state index >= 15 is 0 Å². The maximum Gasteiger partial charge on any atom is 0.329 e. The number of ketones is 3. The molecule has 586 valence electrons. The van der Waals surface area contributed by atoms with Gasteiger partial charge < -0.3 is 59.4 Å². The summed E-state index contributed by atoms with van der Waals surface area (Å²) < 4.78 is 55.2. The molecule has 2 amide bonds. The summed E-state index contributed by atoms with van der Waals surface area (Å²) in [6, 6.07) is 18.2. The second kappa shape index (κ2) is 41.3. The van der Waals surface area contributed by atoms with Gasteiger partial charge in [0.15, 0.2) is 5.78 Å². The Kier molecular flexibility index (Phi) is 33.4. The molecule has 2 bridgehead atoms. The number of nitrogens with zero attached hydrogens (tertiary/aromatic N) is 6. The summed E-state index contributed by atoms with van der Waals surface area (Å²) >= 11 is 0. The third-order valence-corrected chi connectivity index (χ3v) is 21.1. The highest BCUT2D eigenvalue weighted by Crippen LogP contribution is 2.38. The van der Waals surface area contributed by atoms with Crippen molar-refractivity contribution in [3.63, 3.8) is 0 Å². The molecule has 2 aromatic carbocycles. The van der Waals surface area contributed by atoms with Crippen molar-refractivity contribution in [1.82, 2.24) is 29.7 Å². The van der Waals surface area contributed by atoms with Gasteiger partial charge in [-0.3, -0.25) is 38.4 Å². The average Bonchev–Trinajstić information content (AvgIpc) is 0.775. The van der Waals surface area contributed by atoms with Crippen LogP contribution in [0.2, 0.25) is 0 Å². The quantitative estimate of drug-likeness (QED) is 0.0313. The summed E-state index contributed by atoms with van der Waals surface area (Å²) in [5.74, 6) is -7.63. The first-order valence-corrected chi connectivity index (χ1v) is 39.2. The highest BCUT2D eigenvalue weighted by molar-refractivity contribution is 7.85. The van der Waals surface area contributed by atoms with Crippen LogP contribution in [0.15, 0.2) is 127 Å². The number of aliphatic hydroxyl groups is 3. The fourth-order valence-electron chi connectivity index (χ4n) is 14.4. The molecule has 4 aromatic rings. The summed E-state index contributed by atoms with van der Waals surface area (Å²) in [5, 5.41) is 40.1. The number of Topliss-reactive ketones (excluding diaryl/α,β-unsaturated/α-hetero) is 3. The zero-order valence-electron chi connectivity index (χ0n) is 64.5. The number of nitrogens with one attached hydrogen (secondary N) is 2. The normalized spacial score (nSPS) is 30.0. The number of aryl methyl sites for hydroxylation is 1. The van der Waals surface area contributed by atoms with Crippen LogP contribution in [0.25, 0.3) is 11.3 Å². The molecule has 26 heteroatoms. The van der Waals surface area contributed by atoms with E-state index in [4.69, 9.17) is 28.2 Å². The lowest BCUT2D eigenvalue weighted by atomic mass is 9.78. The van der Waals surface area contributed by atoms with E-state index in [1.165, 1.54) is 17.6 Å². The van der Waals surface area contributed by atoms with Gasteiger partial charge in [0.25, 0.3) is 27.7 Å². The number of aliphatic hydroxyl groups excluding tert-OH is 2. The minimum absolute atomic E-state index is 0.0193. The van der Waals surface area contributed by atoms with Gasteiger partial charge in [0.1, 0.15) is 30.1 Å². The van der Waals surface area contributed by atoms with Crippen molar-refractivity contribution in [2.75, 3.05) is 78.0 Å². The monoisotopic (exact) mass is 1500 g/mol. The highest BCUT2D eigenvalue weighted by Gasteiger charge is 2.53. The van der Waals surface area contributed by atoms with Crippen molar-refractivity contribution in [3.05, 3.63) is 144 Å². The number of esters is 1. The number of piperazine rings is 1. The molecule has 15 atom stereocenters. The Morgan fingerprint density at radius 1 is 0.813 bits per heavy atom. The fraction of sp³-hybridized carbons (Fsp3) is 0.568. The van der Waals surface area contributed by atoms with Crippen LogP contribution >= 0.6 is 0 Å². The van der Waals surface area contributed by atoms with Gasteiger partial charge in [0, 0.05) is 132 Å². The third-order valence-electron chi connectivity index (χ3n) is 21.1. The van der Waals surface area contributed by atoms with E-state index in [1.807, 2.05) is 126 Å². The molecule has 6 N–H and O–H groups in total. The van der Waals surface area contributed by atoms with Crippen LogP contribution in [0.1, 0.15) is 147 Å². The van der Waals surface area contributed by atoms with E-state index in [0.29, 0.717) is 86.8 Å². The van der Waals surface area contributed by atoms with Crippen molar-refractivity contribution >= 4 is 62.6 Å². The fourth-order valence-corrected chi connectivity index (χ4v) is 14.4. The molecule has 0 unspecified atom stereocenters. The first-order chi connectivity index (χ1) is 50.8. The molecule has 25 nitrogen and oxygen atoms in total. The van der Waals surface area contributed by atoms with E-state index < -0.39 is 94.0 Å². The van der Waals surface area contributed by atoms with E-state index in [9.17, 15) is 52.5 Å². The lowest BCUT2D eigenvalue weighted by molar-refractivity contribution is -0.265. The molecule has 4 fully saturated rings. The zero-order chi connectivity index (χ0) is 78.3. The topological polar surface area (TPSA) is 336 Å². The number of pyridine rings is 1. The molecular formula is C81H114N8O17S. The summed E-state index contributed by atoms with van der Waals surface area (Å²) in [5.41, 5.74) is 7.35. The number of methoxy groups -OCH3 is 3. The smallest absolute Gasteiger partial charge is 0.329 e. The van der Waals surface area contributed by atoms with Crippen LogP contribution in [0.3, 0.4) is 0 Å². The molecule has 4 aliphatic heterocycles. The van der Waals surface area contributed by atoms with Crippen LogP contribution in [0.4, 0.5) is 17.3 Å². The number of benzene rings is 2. The van der Waals surface area contributed by atoms with Crippen molar-refractivity contribution < 1.29 is 80.7 Å². The summed E-state index contributed by atoms with van der Waals surface area (Å²) in [6.45, 7) is 20.0. The molecule has 0 spiro atoms. The Balaban J connectivity index is 0.000000317. The number of fused-ring (bicyclic) bond motifs is 3. The molecule has 2 aromatic heterocycles. The number of anilines is 3. The number of amides is 2. The third kappa shape index (κ3) is 26.0. The first-order valence-electron chi connectivity index (χ1n) is 37.3. The molecule has 107 heavy (non-hydrogen) atoms. The SMILES string of the molecule is CO[C@H]1C[C@@H]2CC[C@@H](C)[C@@](O)(O2)C(=O)C(=O)N2CCCC[C@H]2C(=O)O[C@H]([C@H](C)C[C@@H]2CC[C@@H](O)[C@H](OC)C2)CC(=O)[C@H](C)/C=C(\C)[C@@H](O)[C@@H](OC)C(=O)[C@H](C)C[C@H](C)/C=C/C=C/C=C/1C.CS(=O)(=O)O.Cc1ccc(NC(=O)c2ccc(CN3CCN(C)CC3)cc2)cc1Nc1nccc(-c2cccnc2)n1. The maximum atomic E-state index is 14.4. The number of hydrogen-bond donors (Lipinski definition) is 6. The highest BCUT2D eigenvalue weighted by atomic mass is 32.2. The lowest BCUT2D eigenvalue weighted by Gasteiger charge is -2.42. The number of rotatable bonds is 13. The van der Waals surface area contributed by atoms with E-state index in [2.05, 4.69) is 42.4 Å². The number of piperidine rings is 1. The van der Waals surface area contributed by atoms with E-state index in [0.717, 1.165) is 67.2 Å². The number of ether oxygens (including phenoxy) is 5. The predicted molar refractivity (Wildman–Crippen MR) is 410 cm³/mol. The van der Waals surface area contributed by atoms with Crippen LogP contribution in [-0.2, 0) is 64.3 Å². The number of carbonyl (C=O) groups excluding carboxylic acids is 6. The molecule has 6 heterocycles. The van der Waals surface area contributed by atoms with Gasteiger partial charge in [0.05, 0.1) is 36.4 Å². The summed E-state index contributed by atoms with van der Waals surface area (Å²) in [4.78, 5) is 103. The largest absolute Gasteiger partial charge is 0.460 e. The molecule has 0 radical (unpaired) electrons. The van der Waals surface area contributed by atoms with Crippen molar-refractivity contribution in [2.45, 2.75) is 194 Å². The van der Waals surface area contributed by atoms with Gasteiger partial charge in [-0.15, -0.1) is 0 Å². The van der Waals surface area contributed by atoms with E-state index in [1.54, 1.807) is 59.7 Å². The number of aromatic nitrogens is 3. The molecule has 3 saturated heterocycles. The van der Waals surface area contributed by atoms with Crippen molar-refractivity contribution in [2.24, 2.45) is 35.5 Å². The predicted octanol–water partition coefficient (Wildman–Crippen LogP) is 10.3. The average molecular weight is 1500 g/mol. The molecular weight excluding hydrogens is 1390 g/mol. The summed E-state index contributed by atoms with van der Waals surface area (Å²) in [7, 11) is 3.01. The van der Waals surface area contributed by atoms with Crippen LogP contribution in [0, 0.1) is 42.4 Å². The number of likely N-dealkylation sites (N-methyl/N-ethyl adjacent to an activating group) is 1. The van der Waals surface area contributed by atoms with Gasteiger partial charge >= 0.3 is 5.97 Å². The lowest BCUT2D eigenvalue weighted by Crippen LogP contribution is -2.61. The Hall–Kier alpha value is -7.60. The Morgan fingerprint density at radius 3 is 2.21 bits per heavy atom. The number of allylic oxidation sites excluding steroid dienone is 6. The number of hydrogen-bond acceptors (Lipinski definition) is 22. The van der Waals surface area contributed by atoms with E-state index in [-0.39, 0.29) is 60.7 Å². The number of carbonyl (C=O) groups is 6. The van der Waals surface area contributed by atoms with Crippen molar-refractivity contribution in [1.29, 1.82) is 0 Å². The van der Waals surface area contributed by atoms with Gasteiger partial charge in [-0.25, -0.2) is 14.8 Å². The second-order valence-electron chi connectivity index (χ2n) is 29.7. The maximum absolute atomic E-state index is 14.4. The van der Waals surface area contributed by atoms with Gasteiger partial charge in [0.2, 0.25) is 11.7 Å². The first kappa shape index (κ1) is 86.6. The standard InChI is InChI=1S/C51H79NO13.C29H31N7O.CH4O3S/c1-30-16-12-11-13-17-31(2)42(61-8)28-38-21-19-36(7)51(60,65-38)48(57)49(58)52-23-15-14-18-39(52)50(59)64-43(33(4)26-37-20-22-40(53)44(27-37)62-9)29-41(54)32(3)25-35(6)46(56)47(63-10)45(55)34(5)24-30;1-21-5-10-25(18-27(21)34-29-31-13-11-26(33-29)24-4-3-12-30-19-24)32-28(37)23-8-6-22(7-9-23)20-36-16-14-35(2)15-17-36;1-5(2,3)4/h11-13,16-17,25,30,32-34,36-40,42-44,46-47,53,56,60H,14-15,18-24,26-29H2,1-10H3;3-13,18-19H,14-17,20H2,1-2H3,(H,32,37)(H,31,33,34);1H3,(H,2,3,4)/b13-11+,16-12+,31-17+,35-25+;;/t30-,32-,33-,34-,36-,37+,38+,39+,40-,42+,43+,44-,46-,47+,51-;;/m1../s1.